The lowest BCUT2D eigenvalue weighted by atomic mass is 10.5. The molecule has 0 fully saturated rings. The zero-order chi connectivity index (χ0) is 11.7. The maximum atomic E-state index is 11.6. The Morgan fingerprint density at radius 3 is 3.00 bits per heavy atom. The number of carbonyl (C=O) groups excluding carboxylic acids is 1. The van der Waals surface area contributed by atoms with Gasteiger partial charge in [0.05, 0.1) is 19.0 Å². The van der Waals surface area contributed by atoms with Gasteiger partial charge in [-0.25, -0.2) is 9.78 Å². The monoisotopic (exact) mass is 303 g/mol. The molecule has 7 heteroatoms. The van der Waals surface area contributed by atoms with E-state index in [0.29, 0.717) is 22.0 Å². The summed E-state index contributed by atoms with van der Waals surface area (Å²) in [5.41, 5.74) is 0.680. The van der Waals surface area contributed by atoms with Gasteiger partial charge in [-0.3, -0.25) is 9.38 Å². The summed E-state index contributed by atoms with van der Waals surface area (Å²) in [5, 5.41) is 0.368. The first-order valence-electron chi connectivity index (χ1n) is 4.49. The molecular weight excluding hydrogens is 297 g/mol. The van der Waals surface area contributed by atoms with E-state index in [4.69, 9.17) is 16.3 Å². The van der Waals surface area contributed by atoms with Crippen molar-refractivity contribution in [3.8, 4) is 0 Å². The third-order valence-corrected chi connectivity index (χ3v) is 2.90. The van der Waals surface area contributed by atoms with Crippen molar-refractivity contribution < 1.29 is 9.53 Å². The van der Waals surface area contributed by atoms with Crippen molar-refractivity contribution in [3.05, 3.63) is 27.8 Å². The summed E-state index contributed by atoms with van der Waals surface area (Å²) >= 11 is 9.20. The topological polar surface area (TPSA) is 56.5 Å². The number of carbonyl (C=O) groups is 1. The third kappa shape index (κ3) is 1.78. The molecule has 0 bridgehead atoms. The summed E-state index contributed by atoms with van der Waals surface area (Å²) < 4.78 is 6.91. The summed E-state index contributed by atoms with van der Waals surface area (Å²) in [6.07, 6.45) is 2.98. The van der Waals surface area contributed by atoms with Crippen molar-refractivity contribution >= 4 is 39.1 Å². The van der Waals surface area contributed by atoms with Gasteiger partial charge in [-0.1, -0.05) is 11.6 Å². The molecule has 0 N–H and O–H groups in total. The molecule has 2 aromatic rings. The highest BCUT2D eigenvalue weighted by molar-refractivity contribution is 9.10. The first kappa shape index (κ1) is 11.3. The predicted octanol–water partition coefficient (Wildman–Crippen LogP) is 2.32. The van der Waals surface area contributed by atoms with Crippen molar-refractivity contribution in [2.45, 2.75) is 6.92 Å². The Kier molecular flexibility index (Phi) is 3.11. The predicted molar refractivity (Wildman–Crippen MR) is 61.7 cm³/mol. The van der Waals surface area contributed by atoms with E-state index in [1.54, 1.807) is 11.3 Å². The average molecular weight is 305 g/mol. The van der Waals surface area contributed by atoms with Gasteiger partial charge in [-0.05, 0) is 22.9 Å². The van der Waals surface area contributed by atoms with Crippen LogP contribution in [0.15, 0.2) is 17.0 Å². The molecule has 0 aliphatic rings. The van der Waals surface area contributed by atoms with E-state index in [1.165, 1.54) is 12.4 Å². The second-order valence-electron chi connectivity index (χ2n) is 2.90. The highest BCUT2D eigenvalue weighted by Crippen LogP contribution is 2.23. The lowest BCUT2D eigenvalue weighted by molar-refractivity contribution is 0.0519. The standard InChI is InChI=1S/C9H7BrClN3O2/c1-2-16-9(15)7-8(10)14-5(11)3-12-4-6(14)13-7/h3-4H,2H2,1H3. The number of aromatic nitrogens is 3. The number of nitrogens with zero attached hydrogens (tertiary/aromatic N) is 3. The summed E-state index contributed by atoms with van der Waals surface area (Å²) in [4.78, 5) is 19.5. The largest absolute Gasteiger partial charge is 0.461 e. The van der Waals surface area contributed by atoms with Crippen molar-refractivity contribution in [1.82, 2.24) is 14.4 Å². The number of rotatable bonds is 2. The first-order valence-corrected chi connectivity index (χ1v) is 5.66. The van der Waals surface area contributed by atoms with Crippen LogP contribution in [0, 0.1) is 0 Å². The molecule has 0 radical (unpaired) electrons. The summed E-state index contributed by atoms with van der Waals surface area (Å²) in [5.74, 6) is -0.492. The third-order valence-electron chi connectivity index (χ3n) is 1.90. The maximum absolute atomic E-state index is 11.6. The minimum Gasteiger partial charge on any atom is -0.461 e. The smallest absolute Gasteiger partial charge is 0.359 e. The van der Waals surface area contributed by atoms with Crippen molar-refractivity contribution in [2.24, 2.45) is 0 Å². The second kappa shape index (κ2) is 4.39. The zero-order valence-corrected chi connectivity index (χ0v) is 10.6. The number of imidazole rings is 1. The van der Waals surface area contributed by atoms with E-state index >= 15 is 0 Å². The fourth-order valence-electron chi connectivity index (χ4n) is 1.26. The van der Waals surface area contributed by atoms with E-state index in [-0.39, 0.29) is 5.69 Å². The van der Waals surface area contributed by atoms with Gasteiger partial charge in [-0.15, -0.1) is 0 Å². The van der Waals surface area contributed by atoms with Crippen molar-refractivity contribution in [1.29, 1.82) is 0 Å². The van der Waals surface area contributed by atoms with Crippen LogP contribution in [0.4, 0.5) is 0 Å². The van der Waals surface area contributed by atoms with E-state index in [2.05, 4.69) is 25.9 Å². The molecule has 0 aromatic carbocycles. The Morgan fingerprint density at radius 1 is 1.62 bits per heavy atom. The minimum absolute atomic E-state index is 0.191. The lowest BCUT2D eigenvalue weighted by Gasteiger charge is -1.98. The van der Waals surface area contributed by atoms with Crippen LogP contribution in [0.5, 0.6) is 0 Å². The number of ether oxygens (including phenoxy) is 1. The molecule has 0 saturated heterocycles. The molecule has 0 aliphatic heterocycles. The fourth-order valence-corrected chi connectivity index (χ4v) is 2.21. The average Bonchev–Trinajstić information content (AvgIpc) is 2.58. The quantitative estimate of drug-likeness (QED) is 0.799. The molecule has 0 spiro atoms. The van der Waals surface area contributed by atoms with Gasteiger partial charge in [0.2, 0.25) is 0 Å². The SMILES string of the molecule is CCOC(=O)c1nc2cncc(Cl)n2c1Br. The van der Waals surface area contributed by atoms with E-state index in [1.807, 2.05) is 0 Å². The summed E-state index contributed by atoms with van der Waals surface area (Å²) in [7, 11) is 0. The Balaban J connectivity index is 2.61. The molecule has 5 nitrogen and oxygen atoms in total. The second-order valence-corrected chi connectivity index (χ2v) is 4.03. The Morgan fingerprint density at radius 2 is 2.38 bits per heavy atom. The van der Waals surface area contributed by atoms with Gasteiger partial charge < -0.3 is 4.74 Å². The highest BCUT2D eigenvalue weighted by atomic mass is 79.9. The maximum Gasteiger partial charge on any atom is 0.359 e. The van der Waals surface area contributed by atoms with Crippen LogP contribution >= 0.6 is 27.5 Å². The summed E-state index contributed by atoms with van der Waals surface area (Å²) in [6.45, 7) is 2.03. The van der Waals surface area contributed by atoms with Gasteiger partial charge in [0.25, 0.3) is 0 Å². The number of esters is 1. The molecule has 2 rings (SSSR count). The number of hydrogen-bond donors (Lipinski definition) is 0. The fraction of sp³-hybridized carbons (Fsp3) is 0.222. The number of hydrogen-bond acceptors (Lipinski definition) is 4. The first-order chi connectivity index (χ1) is 7.65. The van der Waals surface area contributed by atoms with Crippen LogP contribution in [0.1, 0.15) is 17.4 Å². The highest BCUT2D eigenvalue weighted by Gasteiger charge is 2.19. The van der Waals surface area contributed by atoms with Gasteiger partial charge in [0.15, 0.2) is 11.3 Å². The molecular formula is C9H7BrClN3O2. The number of fused-ring (bicyclic) bond motifs is 1. The zero-order valence-electron chi connectivity index (χ0n) is 8.28. The van der Waals surface area contributed by atoms with Crippen molar-refractivity contribution in [2.75, 3.05) is 6.61 Å². The Hall–Kier alpha value is -1.14. The molecule has 0 unspecified atom stereocenters. The van der Waals surface area contributed by atoms with Crippen LogP contribution < -0.4 is 0 Å². The molecule has 84 valence electrons. The normalized spacial score (nSPS) is 10.7. The van der Waals surface area contributed by atoms with Gasteiger partial charge in [0.1, 0.15) is 9.76 Å². The van der Waals surface area contributed by atoms with Crippen LogP contribution in [-0.2, 0) is 4.74 Å². The molecule has 0 atom stereocenters. The lowest BCUT2D eigenvalue weighted by Crippen LogP contribution is -2.05. The molecule has 2 aromatic heterocycles. The number of halogens is 2. The van der Waals surface area contributed by atoms with Crippen LogP contribution in [-0.4, -0.2) is 26.9 Å². The van der Waals surface area contributed by atoms with Gasteiger partial charge in [0, 0.05) is 0 Å². The molecule has 0 aliphatic carbocycles. The Labute approximate surface area is 105 Å². The van der Waals surface area contributed by atoms with E-state index in [0.717, 1.165) is 0 Å². The van der Waals surface area contributed by atoms with E-state index in [9.17, 15) is 4.79 Å². The van der Waals surface area contributed by atoms with Crippen molar-refractivity contribution in [3.63, 3.8) is 0 Å². The van der Waals surface area contributed by atoms with Gasteiger partial charge in [-0.2, -0.15) is 0 Å². The molecule has 0 amide bonds. The van der Waals surface area contributed by atoms with Crippen LogP contribution in [0.3, 0.4) is 0 Å². The van der Waals surface area contributed by atoms with E-state index < -0.39 is 5.97 Å². The van der Waals surface area contributed by atoms with Crippen LogP contribution in [0.25, 0.3) is 5.65 Å². The molecule has 16 heavy (non-hydrogen) atoms. The summed E-state index contributed by atoms with van der Waals surface area (Å²) in [6, 6.07) is 0. The molecule has 0 saturated carbocycles. The van der Waals surface area contributed by atoms with Gasteiger partial charge >= 0.3 is 5.97 Å². The Bertz CT molecular complexity index is 555. The minimum atomic E-state index is -0.492. The molecule has 2 heterocycles. The van der Waals surface area contributed by atoms with Crippen LogP contribution in [0.2, 0.25) is 5.15 Å².